The van der Waals surface area contributed by atoms with E-state index in [1.165, 1.54) is 0 Å². The molecule has 0 aliphatic heterocycles. The van der Waals surface area contributed by atoms with Crippen LogP contribution in [0.1, 0.15) is 24.5 Å². The third kappa shape index (κ3) is 2.24. The summed E-state index contributed by atoms with van der Waals surface area (Å²) in [5, 5.41) is 10.2. The predicted octanol–water partition coefficient (Wildman–Crippen LogP) is 0.994. The molecule has 2 N–H and O–H groups in total. The molecule has 0 spiro atoms. The van der Waals surface area contributed by atoms with E-state index < -0.39 is 0 Å². The zero-order chi connectivity index (χ0) is 10.7. The zero-order valence-electron chi connectivity index (χ0n) is 8.94. The third-order valence-electron chi connectivity index (χ3n) is 2.48. The molecule has 0 saturated carbocycles. The van der Waals surface area contributed by atoms with Gasteiger partial charge in [-0.2, -0.15) is 5.10 Å². The highest BCUT2D eigenvalue weighted by atomic mass is 15.1. The number of H-pyrrole nitrogens is 1. The second-order valence-electron chi connectivity index (χ2n) is 3.57. The number of imidazole rings is 1. The average molecular weight is 205 g/mol. The molecule has 0 amide bonds. The van der Waals surface area contributed by atoms with Crippen molar-refractivity contribution < 1.29 is 0 Å². The maximum absolute atomic E-state index is 4.24. The summed E-state index contributed by atoms with van der Waals surface area (Å²) in [4.78, 5) is 4.24. The molecule has 15 heavy (non-hydrogen) atoms. The molecule has 2 heterocycles. The summed E-state index contributed by atoms with van der Waals surface area (Å²) in [5.74, 6) is 1.03. The van der Waals surface area contributed by atoms with Crippen LogP contribution in [0.3, 0.4) is 0 Å². The average Bonchev–Trinajstić information content (AvgIpc) is 2.85. The summed E-state index contributed by atoms with van der Waals surface area (Å²) < 4.78 is 2.01. The first-order valence-corrected chi connectivity index (χ1v) is 4.96. The van der Waals surface area contributed by atoms with Crippen molar-refractivity contribution in [1.29, 1.82) is 0 Å². The highest BCUT2D eigenvalue weighted by Crippen LogP contribution is 2.08. The Morgan fingerprint density at radius 2 is 2.40 bits per heavy atom. The van der Waals surface area contributed by atoms with Crippen molar-refractivity contribution >= 4 is 0 Å². The van der Waals surface area contributed by atoms with Crippen LogP contribution in [0, 0.1) is 0 Å². The van der Waals surface area contributed by atoms with E-state index in [4.69, 9.17) is 0 Å². The Balaban J connectivity index is 1.91. The number of nitrogens with zero attached hydrogens (tertiary/aromatic N) is 3. The van der Waals surface area contributed by atoms with E-state index in [1.54, 1.807) is 12.4 Å². The lowest BCUT2D eigenvalue weighted by atomic mass is 10.2. The van der Waals surface area contributed by atoms with Crippen LogP contribution >= 0.6 is 0 Å². The summed E-state index contributed by atoms with van der Waals surface area (Å²) in [6.07, 6.45) is 5.50. The Morgan fingerprint density at radius 1 is 1.53 bits per heavy atom. The first kappa shape index (κ1) is 9.92. The first-order valence-electron chi connectivity index (χ1n) is 4.96. The first-order chi connectivity index (χ1) is 7.27. The van der Waals surface area contributed by atoms with Crippen molar-refractivity contribution in [1.82, 2.24) is 25.1 Å². The standard InChI is InChI=1S/C10H15N5/c1-8(9-3-4-13-14-9)12-7-10-11-5-6-15(10)2/h3-6,8,12H,7H2,1-2H3,(H,13,14). The summed E-state index contributed by atoms with van der Waals surface area (Å²) >= 11 is 0. The Morgan fingerprint density at radius 3 is 3.00 bits per heavy atom. The number of aromatic nitrogens is 4. The molecule has 2 aromatic heterocycles. The van der Waals surface area contributed by atoms with Crippen molar-refractivity contribution in [3.8, 4) is 0 Å². The van der Waals surface area contributed by atoms with Gasteiger partial charge in [0.15, 0.2) is 0 Å². The number of hydrogen-bond acceptors (Lipinski definition) is 3. The lowest BCUT2D eigenvalue weighted by molar-refractivity contribution is 0.537. The predicted molar refractivity (Wildman–Crippen MR) is 57.1 cm³/mol. The van der Waals surface area contributed by atoms with Crippen LogP contribution in [0.5, 0.6) is 0 Å². The minimum atomic E-state index is 0.254. The molecule has 80 valence electrons. The van der Waals surface area contributed by atoms with Gasteiger partial charge in [-0.3, -0.25) is 5.10 Å². The fourth-order valence-corrected chi connectivity index (χ4v) is 1.43. The SMILES string of the molecule is CC(NCc1nccn1C)c1ccn[nH]1. The van der Waals surface area contributed by atoms with E-state index >= 15 is 0 Å². The maximum atomic E-state index is 4.24. The van der Waals surface area contributed by atoms with Crippen molar-refractivity contribution in [3.63, 3.8) is 0 Å². The number of aromatic amines is 1. The molecule has 0 saturated heterocycles. The normalized spacial score (nSPS) is 12.9. The Hall–Kier alpha value is -1.62. The molecule has 0 aliphatic carbocycles. The van der Waals surface area contributed by atoms with Gasteiger partial charge < -0.3 is 9.88 Å². The van der Waals surface area contributed by atoms with Gasteiger partial charge in [-0.05, 0) is 13.0 Å². The Labute approximate surface area is 88.5 Å². The maximum Gasteiger partial charge on any atom is 0.122 e. The van der Waals surface area contributed by atoms with E-state index in [9.17, 15) is 0 Å². The minimum absolute atomic E-state index is 0.254. The highest BCUT2D eigenvalue weighted by molar-refractivity contribution is 5.03. The summed E-state index contributed by atoms with van der Waals surface area (Å²) in [5.41, 5.74) is 1.09. The fourth-order valence-electron chi connectivity index (χ4n) is 1.43. The van der Waals surface area contributed by atoms with Gasteiger partial charge in [-0.25, -0.2) is 4.98 Å². The fraction of sp³-hybridized carbons (Fsp3) is 0.400. The highest BCUT2D eigenvalue weighted by Gasteiger charge is 2.06. The van der Waals surface area contributed by atoms with Gasteiger partial charge in [0.05, 0.1) is 12.2 Å². The van der Waals surface area contributed by atoms with Crippen LogP contribution < -0.4 is 5.32 Å². The Bertz CT molecular complexity index is 403. The van der Waals surface area contributed by atoms with Gasteiger partial charge in [0.2, 0.25) is 0 Å². The molecule has 2 aromatic rings. The number of rotatable bonds is 4. The van der Waals surface area contributed by atoms with Gasteiger partial charge >= 0.3 is 0 Å². The molecule has 0 aromatic carbocycles. The molecule has 0 bridgehead atoms. The van der Waals surface area contributed by atoms with E-state index in [-0.39, 0.29) is 6.04 Å². The van der Waals surface area contributed by atoms with Gasteiger partial charge in [0.1, 0.15) is 5.82 Å². The molecular formula is C10H15N5. The third-order valence-corrected chi connectivity index (χ3v) is 2.48. The topological polar surface area (TPSA) is 58.5 Å². The Kier molecular flexibility index (Phi) is 2.82. The summed E-state index contributed by atoms with van der Waals surface area (Å²) in [6, 6.07) is 2.22. The number of nitrogens with one attached hydrogen (secondary N) is 2. The molecule has 0 aliphatic rings. The quantitative estimate of drug-likeness (QED) is 0.782. The van der Waals surface area contributed by atoms with Crippen LogP contribution in [-0.2, 0) is 13.6 Å². The van der Waals surface area contributed by atoms with Crippen LogP contribution in [0.4, 0.5) is 0 Å². The van der Waals surface area contributed by atoms with Gasteiger partial charge in [-0.15, -0.1) is 0 Å². The van der Waals surface area contributed by atoms with Crippen LogP contribution in [0.2, 0.25) is 0 Å². The number of hydrogen-bond donors (Lipinski definition) is 2. The van der Waals surface area contributed by atoms with Gasteiger partial charge in [-0.1, -0.05) is 0 Å². The van der Waals surface area contributed by atoms with Crippen molar-refractivity contribution in [3.05, 3.63) is 36.2 Å². The summed E-state index contributed by atoms with van der Waals surface area (Å²) in [7, 11) is 1.99. The molecule has 5 heteroatoms. The van der Waals surface area contributed by atoms with Crippen molar-refractivity contribution in [2.75, 3.05) is 0 Å². The van der Waals surface area contributed by atoms with Crippen LogP contribution in [0.15, 0.2) is 24.7 Å². The molecule has 1 unspecified atom stereocenters. The monoisotopic (exact) mass is 205 g/mol. The molecule has 0 radical (unpaired) electrons. The lowest BCUT2D eigenvalue weighted by Crippen LogP contribution is -2.20. The van der Waals surface area contributed by atoms with E-state index in [1.807, 2.05) is 23.9 Å². The molecule has 2 rings (SSSR count). The van der Waals surface area contributed by atoms with Gasteiger partial charge in [0.25, 0.3) is 0 Å². The molecule has 1 atom stereocenters. The van der Waals surface area contributed by atoms with E-state index in [0.29, 0.717) is 0 Å². The second kappa shape index (κ2) is 4.27. The van der Waals surface area contributed by atoms with Crippen molar-refractivity contribution in [2.24, 2.45) is 7.05 Å². The molecule has 5 nitrogen and oxygen atoms in total. The number of aryl methyl sites for hydroxylation is 1. The smallest absolute Gasteiger partial charge is 0.122 e. The van der Waals surface area contributed by atoms with Crippen LogP contribution in [-0.4, -0.2) is 19.7 Å². The molecular weight excluding hydrogens is 190 g/mol. The van der Waals surface area contributed by atoms with Gasteiger partial charge in [0, 0.05) is 31.7 Å². The minimum Gasteiger partial charge on any atom is -0.337 e. The largest absolute Gasteiger partial charge is 0.337 e. The van der Waals surface area contributed by atoms with E-state index in [2.05, 4.69) is 27.4 Å². The lowest BCUT2D eigenvalue weighted by Gasteiger charge is -2.11. The summed E-state index contributed by atoms with van der Waals surface area (Å²) in [6.45, 7) is 2.85. The second-order valence-corrected chi connectivity index (χ2v) is 3.57. The van der Waals surface area contributed by atoms with Crippen LogP contribution in [0.25, 0.3) is 0 Å². The van der Waals surface area contributed by atoms with E-state index in [0.717, 1.165) is 18.1 Å². The van der Waals surface area contributed by atoms with Crippen molar-refractivity contribution in [2.45, 2.75) is 19.5 Å². The zero-order valence-corrected chi connectivity index (χ0v) is 8.94. The molecule has 0 fully saturated rings.